The van der Waals surface area contributed by atoms with E-state index < -0.39 is 0 Å². The fourth-order valence-electron chi connectivity index (χ4n) is 4.28. The highest BCUT2D eigenvalue weighted by Gasteiger charge is 2.29. The highest BCUT2D eigenvalue weighted by molar-refractivity contribution is 7.17. The third kappa shape index (κ3) is 3.78. The molecule has 1 saturated carbocycles. The van der Waals surface area contributed by atoms with E-state index in [1.807, 2.05) is 18.7 Å². The molecular weight excluding hydrogens is 361 g/mol. The van der Waals surface area contributed by atoms with Crippen LogP contribution in [0.25, 0.3) is 10.6 Å². The maximum absolute atomic E-state index is 13.4. The van der Waals surface area contributed by atoms with Crippen LogP contribution in [-0.4, -0.2) is 52.9 Å². The zero-order chi connectivity index (χ0) is 19.0. The normalized spacial score (nSPS) is 19.0. The van der Waals surface area contributed by atoms with Crippen LogP contribution in [0.4, 0.5) is 4.39 Å². The summed E-state index contributed by atoms with van der Waals surface area (Å²) in [7, 11) is 0. The molecule has 1 amide bonds. The fraction of sp³-hybridized carbons (Fsp3) is 0.524. The zero-order valence-electron chi connectivity index (χ0n) is 16.0. The van der Waals surface area contributed by atoms with Crippen LogP contribution in [0.3, 0.4) is 0 Å². The van der Waals surface area contributed by atoms with Gasteiger partial charge in [0.1, 0.15) is 15.7 Å². The van der Waals surface area contributed by atoms with Crippen molar-refractivity contribution in [1.29, 1.82) is 0 Å². The second kappa shape index (κ2) is 7.68. The van der Waals surface area contributed by atoms with Crippen molar-refractivity contribution in [2.24, 2.45) is 0 Å². The Hall–Kier alpha value is -1.79. The Morgan fingerprint density at radius 2 is 1.85 bits per heavy atom. The lowest BCUT2D eigenvalue weighted by Gasteiger charge is -2.37. The molecule has 1 saturated heterocycles. The molecule has 0 unspecified atom stereocenters. The molecule has 4 nitrogen and oxygen atoms in total. The van der Waals surface area contributed by atoms with Gasteiger partial charge in [-0.25, -0.2) is 9.37 Å². The molecule has 6 heteroatoms. The third-order valence-electron chi connectivity index (χ3n) is 5.85. The number of thiazole rings is 1. The molecule has 0 N–H and O–H groups in total. The molecular formula is C21H26FN3OS. The molecule has 0 bridgehead atoms. The first-order valence-corrected chi connectivity index (χ1v) is 10.6. The van der Waals surface area contributed by atoms with Gasteiger partial charge in [0.15, 0.2) is 0 Å². The van der Waals surface area contributed by atoms with E-state index in [0.29, 0.717) is 4.88 Å². The van der Waals surface area contributed by atoms with E-state index in [2.05, 4.69) is 9.88 Å². The molecule has 0 atom stereocenters. The molecule has 144 valence electrons. The Morgan fingerprint density at radius 1 is 1.15 bits per heavy atom. The van der Waals surface area contributed by atoms with E-state index in [1.165, 1.54) is 49.2 Å². The van der Waals surface area contributed by atoms with Crippen LogP contribution in [0.2, 0.25) is 0 Å². The zero-order valence-corrected chi connectivity index (χ0v) is 16.8. The van der Waals surface area contributed by atoms with Gasteiger partial charge in [0, 0.05) is 37.8 Å². The summed E-state index contributed by atoms with van der Waals surface area (Å²) in [5.74, 6) is -0.164. The highest BCUT2D eigenvalue weighted by Crippen LogP contribution is 2.32. The number of rotatable bonds is 3. The van der Waals surface area contributed by atoms with Crippen LogP contribution in [0.1, 0.15) is 46.6 Å². The summed E-state index contributed by atoms with van der Waals surface area (Å²) >= 11 is 1.42. The minimum Gasteiger partial charge on any atom is -0.335 e. The maximum atomic E-state index is 13.4. The van der Waals surface area contributed by atoms with Gasteiger partial charge in [-0.15, -0.1) is 11.3 Å². The highest BCUT2D eigenvalue weighted by atomic mass is 32.1. The predicted octanol–water partition coefficient (Wildman–Crippen LogP) is 4.27. The summed E-state index contributed by atoms with van der Waals surface area (Å²) in [6.45, 7) is 7.28. The van der Waals surface area contributed by atoms with Crippen molar-refractivity contribution in [2.45, 2.75) is 45.6 Å². The van der Waals surface area contributed by atoms with Crippen LogP contribution in [0, 0.1) is 19.7 Å². The van der Waals surface area contributed by atoms with Crippen molar-refractivity contribution in [1.82, 2.24) is 14.8 Å². The third-order valence-corrected chi connectivity index (χ3v) is 7.03. The van der Waals surface area contributed by atoms with Gasteiger partial charge >= 0.3 is 0 Å². The molecule has 27 heavy (non-hydrogen) atoms. The average Bonchev–Trinajstić information content (AvgIpc) is 3.31. The molecule has 0 radical (unpaired) electrons. The number of aromatic nitrogens is 1. The molecule has 2 fully saturated rings. The summed E-state index contributed by atoms with van der Waals surface area (Å²) in [6, 6.07) is 5.43. The Kier molecular flexibility index (Phi) is 5.28. The number of halogens is 1. The van der Waals surface area contributed by atoms with E-state index in [1.54, 1.807) is 6.07 Å². The molecule has 2 aliphatic rings. The Labute approximate surface area is 164 Å². The second-order valence-electron chi connectivity index (χ2n) is 7.66. The Morgan fingerprint density at radius 3 is 2.52 bits per heavy atom. The maximum Gasteiger partial charge on any atom is 0.265 e. The van der Waals surface area contributed by atoms with E-state index in [4.69, 9.17) is 0 Å². The molecule has 2 aromatic rings. The van der Waals surface area contributed by atoms with E-state index in [0.717, 1.165) is 54.0 Å². The Balaban J connectivity index is 1.47. The predicted molar refractivity (Wildman–Crippen MR) is 107 cm³/mol. The summed E-state index contributed by atoms with van der Waals surface area (Å²) in [5, 5.41) is 0.790. The number of benzene rings is 1. The fourth-order valence-corrected chi connectivity index (χ4v) is 5.40. The number of aryl methyl sites for hydroxylation is 2. The number of carbonyl (C=O) groups excluding carboxylic acids is 1. The van der Waals surface area contributed by atoms with E-state index >= 15 is 0 Å². The van der Waals surface area contributed by atoms with Crippen LogP contribution in [-0.2, 0) is 0 Å². The average molecular weight is 388 g/mol. The number of hydrogen-bond acceptors (Lipinski definition) is 4. The van der Waals surface area contributed by atoms with Crippen LogP contribution in [0.15, 0.2) is 18.2 Å². The standard InChI is InChI=1S/C21H26FN3OS/c1-14-13-16(22)7-8-18(14)20-23-15(2)19(27-20)21(26)25-11-9-24(10-12-25)17-5-3-4-6-17/h7-8,13,17H,3-6,9-12H2,1-2H3. The monoisotopic (exact) mass is 387 g/mol. The van der Waals surface area contributed by atoms with Crippen molar-refractivity contribution in [3.63, 3.8) is 0 Å². The van der Waals surface area contributed by atoms with Crippen LogP contribution in [0.5, 0.6) is 0 Å². The summed E-state index contributed by atoms with van der Waals surface area (Å²) in [5.41, 5.74) is 2.50. The lowest BCUT2D eigenvalue weighted by Crippen LogP contribution is -2.51. The lowest BCUT2D eigenvalue weighted by atomic mass is 10.1. The van der Waals surface area contributed by atoms with Gasteiger partial charge in [0.25, 0.3) is 5.91 Å². The lowest BCUT2D eigenvalue weighted by molar-refractivity contribution is 0.0577. The molecule has 1 aromatic heterocycles. The minimum absolute atomic E-state index is 0.0853. The molecule has 1 aliphatic carbocycles. The van der Waals surface area contributed by atoms with Crippen LogP contribution < -0.4 is 0 Å². The van der Waals surface area contributed by atoms with E-state index in [-0.39, 0.29) is 11.7 Å². The number of nitrogens with zero attached hydrogens (tertiary/aromatic N) is 3. The van der Waals surface area contributed by atoms with Gasteiger partial charge in [0.05, 0.1) is 5.69 Å². The van der Waals surface area contributed by atoms with Crippen molar-refractivity contribution in [3.05, 3.63) is 40.2 Å². The van der Waals surface area contributed by atoms with Gasteiger partial charge < -0.3 is 4.90 Å². The minimum atomic E-state index is -0.249. The van der Waals surface area contributed by atoms with Crippen molar-refractivity contribution >= 4 is 17.2 Å². The summed E-state index contributed by atoms with van der Waals surface area (Å²) < 4.78 is 13.4. The topological polar surface area (TPSA) is 36.4 Å². The first kappa shape index (κ1) is 18.6. The quantitative estimate of drug-likeness (QED) is 0.789. The van der Waals surface area contributed by atoms with Gasteiger partial charge in [-0.05, 0) is 50.5 Å². The SMILES string of the molecule is Cc1cc(F)ccc1-c1nc(C)c(C(=O)N2CCN(C3CCCC3)CC2)s1. The molecule has 1 aromatic carbocycles. The first-order valence-electron chi connectivity index (χ1n) is 9.80. The number of piperazine rings is 1. The largest absolute Gasteiger partial charge is 0.335 e. The van der Waals surface area contributed by atoms with Gasteiger partial charge in [-0.1, -0.05) is 12.8 Å². The molecule has 4 rings (SSSR count). The number of carbonyl (C=O) groups is 1. The Bertz CT molecular complexity index is 836. The van der Waals surface area contributed by atoms with Gasteiger partial charge in [-0.3, -0.25) is 9.69 Å². The summed E-state index contributed by atoms with van der Waals surface area (Å²) in [4.78, 5) is 22.9. The molecule has 1 aliphatic heterocycles. The van der Waals surface area contributed by atoms with Crippen molar-refractivity contribution in [3.8, 4) is 10.6 Å². The molecule has 2 heterocycles. The van der Waals surface area contributed by atoms with Gasteiger partial charge in [0.2, 0.25) is 0 Å². The first-order chi connectivity index (χ1) is 13.0. The molecule has 0 spiro atoms. The summed E-state index contributed by atoms with van der Waals surface area (Å²) in [6.07, 6.45) is 5.30. The van der Waals surface area contributed by atoms with Crippen molar-refractivity contribution in [2.75, 3.05) is 26.2 Å². The van der Waals surface area contributed by atoms with E-state index in [9.17, 15) is 9.18 Å². The smallest absolute Gasteiger partial charge is 0.265 e. The van der Waals surface area contributed by atoms with Crippen molar-refractivity contribution < 1.29 is 9.18 Å². The van der Waals surface area contributed by atoms with Crippen LogP contribution >= 0.6 is 11.3 Å². The number of amides is 1. The second-order valence-corrected chi connectivity index (χ2v) is 8.66. The number of hydrogen-bond donors (Lipinski definition) is 0. The van der Waals surface area contributed by atoms with Gasteiger partial charge in [-0.2, -0.15) is 0 Å².